The van der Waals surface area contributed by atoms with Crippen LogP contribution in [0.15, 0.2) is 41.8 Å². The van der Waals surface area contributed by atoms with Crippen LogP contribution in [-0.2, 0) is 0 Å². The van der Waals surface area contributed by atoms with E-state index in [0.717, 1.165) is 6.42 Å². The smallest absolute Gasteiger partial charge is 0.0416 e. The molecular weight excluding hydrogens is 238 g/mol. The van der Waals surface area contributed by atoms with Crippen molar-refractivity contribution in [3.63, 3.8) is 0 Å². The molecule has 2 aromatic rings. The number of thiophene rings is 1. The fraction of sp³-hybridized carbons (Fsp3) is 0.375. The van der Waals surface area contributed by atoms with E-state index in [1.807, 2.05) is 11.3 Å². The number of rotatable bonds is 5. The zero-order valence-electron chi connectivity index (χ0n) is 11.3. The molecule has 18 heavy (non-hydrogen) atoms. The average Bonchev–Trinajstić information content (AvgIpc) is 2.90. The first-order valence-corrected chi connectivity index (χ1v) is 7.44. The molecule has 2 atom stereocenters. The Bertz CT molecular complexity index is 458. The molecule has 0 aliphatic heterocycles. The topological polar surface area (TPSA) is 12.0 Å². The van der Waals surface area contributed by atoms with Crippen molar-refractivity contribution < 1.29 is 0 Å². The molecule has 1 heterocycles. The Hall–Kier alpha value is -1.12. The lowest BCUT2D eigenvalue weighted by atomic mass is 10.0. The molecule has 1 nitrogen and oxygen atoms in total. The van der Waals surface area contributed by atoms with Crippen molar-refractivity contribution in [1.29, 1.82) is 0 Å². The van der Waals surface area contributed by atoms with Gasteiger partial charge in [-0.25, -0.2) is 0 Å². The summed E-state index contributed by atoms with van der Waals surface area (Å²) in [4.78, 5) is 1.43. The van der Waals surface area contributed by atoms with E-state index in [2.05, 4.69) is 67.9 Å². The maximum absolute atomic E-state index is 3.72. The van der Waals surface area contributed by atoms with Crippen molar-refractivity contribution in [2.45, 2.75) is 39.3 Å². The molecule has 0 spiro atoms. The van der Waals surface area contributed by atoms with Crippen LogP contribution in [0.4, 0.5) is 0 Å². The third-order valence-corrected chi connectivity index (χ3v) is 4.31. The van der Waals surface area contributed by atoms with Crippen molar-refractivity contribution in [2.75, 3.05) is 0 Å². The van der Waals surface area contributed by atoms with Gasteiger partial charge < -0.3 is 5.32 Å². The Balaban J connectivity index is 2.05. The average molecular weight is 259 g/mol. The predicted octanol–water partition coefficient (Wildman–Crippen LogP) is 4.86. The zero-order valence-corrected chi connectivity index (χ0v) is 12.1. The largest absolute Gasteiger partial charge is 0.303 e. The van der Waals surface area contributed by atoms with Crippen LogP contribution >= 0.6 is 11.3 Å². The summed E-state index contributed by atoms with van der Waals surface area (Å²) in [5, 5.41) is 5.86. The van der Waals surface area contributed by atoms with Crippen molar-refractivity contribution in [1.82, 2.24) is 5.32 Å². The van der Waals surface area contributed by atoms with Crippen LogP contribution in [0, 0.1) is 6.92 Å². The van der Waals surface area contributed by atoms with Crippen LogP contribution in [0.2, 0.25) is 0 Å². The maximum Gasteiger partial charge on any atom is 0.0416 e. The first kappa shape index (κ1) is 13.3. The lowest BCUT2D eigenvalue weighted by Crippen LogP contribution is -2.23. The molecule has 2 heteroatoms. The highest BCUT2D eigenvalue weighted by Gasteiger charge is 2.14. The van der Waals surface area contributed by atoms with Gasteiger partial charge in [-0.05, 0) is 37.3 Å². The minimum atomic E-state index is 0.387. The molecule has 0 bridgehead atoms. The summed E-state index contributed by atoms with van der Waals surface area (Å²) in [6.45, 7) is 6.60. The van der Waals surface area contributed by atoms with Gasteiger partial charge in [-0.2, -0.15) is 0 Å². The third kappa shape index (κ3) is 3.21. The number of aryl methyl sites for hydroxylation is 1. The molecular formula is C16H21NS. The fourth-order valence-corrected chi connectivity index (χ4v) is 3.01. The Labute approximate surface area is 114 Å². The predicted molar refractivity (Wildman–Crippen MR) is 80.1 cm³/mol. The fourth-order valence-electron chi connectivity index (χ4n) is 2.14. The van der Waals surface area contributed by atoms with Crippen molar-refractivity contribution >= 4 is 11.3 Å². The minimum Gasteiger partial charge on any atom is -0.303 e. The molecule has 1 aromatic heterocycles. The summed E-state index contributed by atoms with van der Waals surface area (Å²) < 4.78 is 0. The molecule has 1 unspecified atom stereocenters. The van der Waals surface area contributed by atoms with E-state index in [9.17, 15) is 0 Å². The highest BCUT2D eigenvalue weighted by Crippen LogP contribution is 2.25. The quantitative estimate of drug-likeness (QED) is 0.808. The van der Waals surface area contributed by atoms with Crippen molar-refractivity contribution in [3.8, 4) is 0 Å². The summed E-state index contributed by atoms with van der Waals surface area (Å²) >= 11 is 1.83. The van der Waals surface area contributed by atoms with Crippen LogP contribution in [0.3, 0.4) is 0 Å². The van der Waals surface area contributed by atoms with Crippen LogP contribution in [0.1, 0.15) is 48.4 Å². The van der Waals surface area contributed by atoms with Gasteiger partial charge in [0.05, 0.1) is 0 Å². The van der Waals surface area contributed by atoms with Crippen LogP contribution < -0.4 is 5.32 Å². The molecule has 96 valence electrons. The summed E-state index contributed by atoms with van der Waals surface area (Å²) in [5.74, 6) is 0. The Kier molecular flexibility index (Phi) is 4.56. The molecule has 0 radical (unpaired) electrons. The van der Waals surface area contributed by atoms with Crippen molar-refractivity contribution in [2.24, 2.45) is 0 Å². The lowest BCUT2D eigenvalue weighted by molar-refractivity contribution is 0.462. The van der Waals surface area contributed by atoms with Crippen LogP contribution in [0.5, 0.6) is 0 Å². The van der Waals surface area contributed by atoms with Crippen molar-refractivity contribution in [3.05, 3.63) is 57.8 Å². The van der Waals surface area contributed by atoms with Gasteiger partial charge in [0.1, 0.15) is 0 Å². The molecule has 0 saturated heterocycles. The second-order valence-corrected chi connectivity index (χ2v) is 5.75. The van der Waals surface area contributed by atoms with E-state index in [0.29, 0.717) is 12.1 Å². The Morgan fingerprint density at radius 1 is 1.17 bits per heavy atom. The van der Waals surface area contributed by atoms with Gasteiger partial charge >= 0.3 is 0 Å². The number of nitrogens with one attached hydrogen (secondary N) is 1. The Morgan fingerprint density at radius 3 is 2.44 bits per heavy atom. The number of benzene rings is 1. The molecule has 0 aliphatic carbocycles. The molecule has 0 aliphatic rings. The lowest BCUT2D eigenvalue weighted by Gasteiger charge is -2.22. The number of hydrogen-bond acceptors (Lipinski definition) is 2. The van der Waals surface area contributed by atoms with Crippen LogP contribution in [0.25, 0.3) is 0 Å². The molecule has 0 fully saturated rings. The normalized spacial score (nSPS) is 14.4. The summed E-state index contributed by atoms with van der Waals surface area (Å²) in [6.07, 6.45) is 1.12. The van der Waals surface area contributed by atoms with E-state index >= 15 is 0 Å². The van der Waals surface area contributed by atoms with E-state index in [1.165, 1.54) is 16.0 Å². The Morgan fingerprint density at radius 2 is 1.89 bits per heavy atom. The van der Waals surface area contributed by atoms with E-state index in [1.54, 1.807) is 0 Å². The van der Waals surface area contributed by atoms with Gasteiger partial charge in [0.15, 0.2) is 0 Å². The first-order valence-electron chi connectivity index (χ1n) is 6.56. The molecule has 1 aromatic carbocycles. The maximum atomic E-state index is 3.72. The highest BCUT2D eigenvalue weighted by atomic mass is 32.1. The second-order valence-electron chi connectivity index (χ2n) is 4.78. The van der Waals surface area contributed by atoms with Crippen LogP contribution in [-0.4, -0.2) is 0 Å². The number of hydrogen-bond donors (Lipinski definition) is 1. The van der Waals surface area contributed by atoms with Gasteiger partial charge in [-0.3, -0.25) is 0 Å². The summed E-state index contributed by atoms with van der Waals surface area (Å²) in [7, 11) is 0. The van der Waals surface area contributed by atoms with Gasteiger partial charge in [-0.15, -0.1) is 11.3 Å². The second kappa shape index (κ2) is 6.17. The molecule has 0 amide bonds. The standard InChI is InChI=1S/C16H21NS/c1-4-15(16-6-5-11-18-16)17-13(3)14-9-7-12(2)8-10-14/h5-11,13,15,17H,4H2,1-3H3/t13-,15?/m0/s1. The van der Waals surface area contributed by atoms with E-state index in [-0.39, 0.29) is 0 Å². The molecule has 0 saturated carbocycles. The third-order valence-electron chi connectivity index (χ3n) is 3.32. The van der Waals surface area contributed by atoms with Gasteiger partial charge in [0.2, 0.25) is 0 Å². The highest BCUT2D eigenvalue weighted by molar-refractivity contribution is 7.10. The minimum absolute atomic E-state index is 0.387. The van der Waals surface area contributed by atoms with Gasteiger partial charge in [0, 0.05) is 17.0 Å². The summed E-state index contributed by atoms with van der Waals surface area (Å²) in [6, 6.07) is 14.0. The van der Waals surface area contributed by atoms with Gasteiger partial charge in [-0.1, -0.05) is 42.8 Å². The van der Waals surface area contributed by atoms with E-state index in [4.69, 9.17) is 0 Å². The zero-order chi connectivity index (χ0) is 13.0. The SMILES string of the molecule is CCC(N[C@@H](C)c1ccc(C)cc1)c1cccs1. The molecule has 1 N–H and O–H groups in total. The van der Waals surface area contributed by atoms with Gasteiger partial charge in [0.25, 0.3) is 0 Å². The monoisotopic (exact) mass is 259 g/mol. The van der Waals surface area contributed by atoms with E-state index < -0.39 is 0 Å². The first-order chi connectivity index (χ1) is 8.70. The molecule has 2 rings (SSSR count). The summed E-state index contributed by atoms with van der Waals surface area (Å²) in [5.41, 5.74) is 2.67.